The van der Waals surface area contributed by atoms with E-state index < -0.39 is 9.84 Å². The quantitative estimate of drug-likeness (QED) is 0.745. The molecule has 1 aromatic rings. The van der Waals surface area contributed by atoms with Crippen LogP contribution in [-0.2, 0) is 14.6 Å². The normalized spacial score (nSPS) is 28.0. The first kappa shape index (κ1) is 20.8. The van der Waals surface area contributed by atoms with Gasteiger partial charge in [0.2, 0.25) is 5.91 Å². The molecule has 4 heterocycles. The van der Waals surface area contributed by atoms with E-state index in [4.69, 9.17) is 0 Å². The summed E-state index contributed by atoms with van der Waals surface area (Å²) in [5.41, 5.74) is 0.786. The molecular formula is C20H33N5O3S. The Labute approximate surface area is 173 Å². The number of carbonyl (C=O) groups excluding carboxylic acids is 1. The van der Waals surface area contributed by atoms with Crippen molar-refractivity contribution in [2.45, 2.75) is 57.5 Å². The molecule has 0 aliphatic carbocycles. The maximum atomic E-state index is 12.8. The lowest BCUT2D eigenvalue weighted by atomic mass is 10.1. The Morgan fingerprint density at radius 1 is 1.17 bits per heavy atom. The van der Waals surface area contributed by atoms with Crippen molar-refractivity contribution in [2.75, 3.05) is 49.5 Å². The van der Waals surface area contributed by atoms with Crippen molar-refractivity contribution in [3.63, 3.8) is 0 Å². The van der Waals surface area contributed by atoms with Crippen molar-refractivity contribution in [3.05, 3.63) is 11.8 Å². The fraction of sp³-hybridized carbons (Fsp3) is 0.800. The van der Waals surface area contributed by atoms with Crippen LogP contribution in [0.3, 0.4) is 0 Å². The van der Waals surface area contributed by atoms with Crippen LogP contribution in [0, 0.1) is 6.92 Å². The summed E-state index contributed by atoms with van der Waals surface area (Å²) in [5.74, 6) is 0.857. The number of sulfone groups is 1. The Morgan fingerprint density at radius 3 is 2.69 bits per heavy atom. The highest BCUT2D eigenvalue weighted by atomic mass is 32.2. The summed E-state index contributed by atoms with van der Waals surface area (Å²) in [7, 11) is -3.01. The molecule has 9 heteroatoms. The van der Waals surface area contributed by atoms with Crippen molar-refractivity contribution in [3.8, 4) is 0 Å². The Bertz CT molecular complexity index is 831. The maximum Gasteiger partial charge on any atom is 0.239 e. The van der Waals surface area contributed by atoms with E-state index in [1.54, 1.807) is 4.68 Å². The van der Waals surface area contributed by atoms with Gasteiger partial charge in [-0.05, 0) is 58.7 Å². The van der Waals surface area contributed by atoms with Gasteiger partial charge < -0.3 is 10.2 Å². The highest BCUT2D eigenvalue weighted by molar-refractivity contribution is 7.91. The predicted octanol–water partition coefficient (Wildman–Crippen LogP) is 1.44. The molecule has 3 aliphatic rings. The van der Waals surface area contributed by atoms with Gasteiger partial charge in [0, 0.05) is 18.7 Å². The monoisotopic (exact) mass is 423 g/mol. The van der Waals surface area contributed by atoms with E-state index in [1.807, 2.05) is 13.0 Å². The average Bonchev–Trinajstić information content (AvgIpc) is 3.35. The first-order valence-corrected chi connectivity index (χ1v) is 12.7. The highest BCUT2D eigenvalue weighted by Gasteiger charge is 2.32. The molecule has 1 aromatic heterocycles. The molecule has 0 spiro atoms. The molecule has 2 atom stereocenters. The predicted molar refractivity (Wildman–Crippen MR) is 113 cm³/mol. The van der Waals surface area contributed by atoms with E-state index in [0.29, 0.717) is 24.8 Å². The van der Waals surface area contributed by atoms with Gasteiger partial charge >= 0.3 is 0 Å². The van der Waals surface area contributed by atoms with Crippen LogP contribution in [0.1, 0.15) is 50.3 Å². The van der Waals surface area contributed by atoms with Crippen molar-refractivity contribution < 1.29 is 13.2 Å². The molecule has 0 saturated carbocycles. The van der Waals surface area contributed by atoms with Gasteiger partial charge in [-0.2, -0.15) is 5.10 Å². The van der Waals surface area contributed by atoms with E-state index in [-0.39, 0.29) is 23.5 Å². The summed E-state index contributed by atoms with van der Waals surface area (Å²) in [6.07, 6.45) is 6.75. The van der Waals surface area contributed by atoms with Gasteiger partial charge in [-0.25, -0.2) is 13.1 Å². The largest absolute Gasteiger partial charge is 0.310 e. The average molecular weight is 424 g/mol. The van der Waals surface area contributed by atoms with Crippen LogP contribution < -0.4 is 5.32 Å². The zero-order valence-electron chi connectivity index (χ0n) is 17.3. The lowest BCUT2D eigenvalue weighted by Crippen LogP contribution is -2.44. The smallest absolute Gasteiger partial charge is 0.239 e. The number of anilines is 1. The molecule has 1 N–H and O–H groups in total. The van der Waals surface area contributed by atoms with E-state index >= 15 is 0 Å². The van der Waals surface area contributed by atoms with Gasteiger partial charge in [0.25, 0.3) is 0 Å². The van der Waals surface area contributed by atoms with Gasteiger partial charge in [0.1, 0.15) is 5.82 Å². The number of nitrogens with zero attached hydrogens (tertiary/aromatic N) is 4. The fourth-order valence-corrected chi connectivity index (χ4v) is 6.67. The van der Waals surface area contributed by atoms with E-state index in [9.17, 15) is 13.2 Å². The SMILES string of the molecule is Cc1cc(NC(=O)CN2CCCC2CN2CCCCC2)n(C2CCS(=O)(=O)C2)n1. The molecule has 3 fully saturated rings. The molecular weight excluding hydrogens is 390 g/mol. The lowest BCUT2D eigenvalue weighted by molar-refractivity contribution is -0.117. The molecule has 3 aliphatic heterocycles. The second-order valence-corrected chi connectivity index (χ2v) is 11.1. The van der Waals surface area contributed by atoms with Crippen LogP contribution in [0.4, 0.5) is 5.82 Å². The molecule has 2 unspecified atom stereocenters. The van der Waals surface area contributed by atoms with Crippen LogP contribution in [0.25, 0.3) is 0 Å². The third-order valence-electron chi connectivity index (χ3n) is 6.44. The summed E-state index contributed by atoms with van der Waals surface area (Å²) in [5, 5.41) is 7.45. The zero-order chi connectivity index (χ0) is 20.4. The summed E-state index contributed by atoms with van der Waals surface area (Å²) < 4.78 is 25.4. The molecule has 0 bridgehead atoms. The molecule has 162 valence electrons. The van der Waals surface area contributed by atoms with Gasteiger partial charge in [-0.15, -0.1) is 0 Å². The van der Waals surface area contributed by atoms with E-state index in [0.717, 1.165) is 31.6 Å². The van der Waals surface area contributed by atoms with Gasteiger partial charge in [-0.3, -0.25) is 9.69 Å². The van der Waals surface area contributed by atoms with E-state index in [2.05, 4.69) is 20.2 Å². The minimum absolute atomic E-state index is 0.0439. The number of aryl methyl sites for hydroxylation is 1. The highest BCUT2D eigenvalue weighted by Crippen LogP contribution is 2.27. The topological polar surface area (TPSA) is 87.5 Å². The summed E-state index contributed by atoms with van der Waals surface area (Å²) in [6, 6.07) is 2.09. The van der Waals surface area contributed by atoms with Crippen molar-refractivity contribution in [1.29, 1.82) is 0 Å². The Balaban J connectivity index is 1.36. The number of hydrogen-bond acceptors (Lipinski definition) is 6. The van der Waals surface area contributed by atoms with Crippen molar-refractivity contribution in [2.24, 2.45) is 0 Å². The number of aromatic nitrogens is 2. The fourth-order valence-electron chi connectivity index (χ4n) is 4.97. The number of amides is 1. The van der Waals surface area contributed by atoms with E-state index in [1.165, 1.54) is 32.4 Å². The van der Waals surface area contributed by atoms with Crippen LogP contribution in [-0.4, -0.2) is 84.2 Å². The van der Waals surface area contributed by atoms with Gasteiger partial charge in [-0.1, -0.05) is 6.42 Å². The molecule has 0 aromatic carbocycles. The Hall–Kier alpha value is -1.45. The summed E-state index contributed by atoms with van der Waals surface area (Å²) in [4.78, 5) is 17.6. The number of carbonyl (C=O) groups is 1. The van der Waals surface area contributed by atoms with Crippen LogP contribution >= 0.6 is 0 Å². The molecule has 4 rings (SSSR count). The minimum Gasteiger partial charge on any atom is -0.310 e. The number of hydrogen-bond donors (Lipinski definition) is 1. The zero-order valence-corrected chi connectivity index (χ0v) is 18.2. The third kappa shape index (κ3) is 5.19. The standard InChI is InChI=1S/C20H33N5O3S/c1-16-12-19(25(22-16)18-7-11-29(27,28)15-18)21-20(26)14-24-10-5-6-17(24)13-23-8-3-2-4-9-23/h12,17-18H,2-11,13-15H2,1H3,(H,21,26). The maximum absolute atomic E-state index is 12.8. The molecule has 1 amide bonds. The van der Waals surface area contributed by atoms with Gasteiger partial charge in [0.15, 0.2) is 9.84 Å². The number of nitrogens with one attached hydrogen (secondary N) is 1. The molecule has 29 heavy (non-hydrogen) atoms. The van der Waals surface area contributed by atoms with Crippen LogP contribution in [0.2, 0.25) is 0 Å². The minimum atomic E-state index is -3.01. The number of rotatable bonds is 6. The lowest BCUT2D eigenvalue weighted by Gasteiger charge is -2.32. The number of likely N-dealkylation sites (tertiary alicyclic amines) is 2. The van der Waals surface area contributed by atoms with Crippen molar-refractivity contribution >= 4 is 21.6 Å². The third-order valence-corrected chi connectivity index (χ3v) is 8.19. The molecule has 8 nitrogen and oxygen atoms in total. The number of piperidine rings is 1. The van der Waals surface area contributed by atoms with Gasteiger partial charge in [0.05, 0.1) is 29.8 Å². The summed E-state index contributed by atoms with van der Waals surface area (Å²) >= 11 is 0. The summed E-state index contributed by atoms with van der Waals surface area (Å²) in [6.45, 7) is 6.63. The second kappa shape index (κ2) is 8.73. The molecule has 3 saturated heterocycles. The second-order valence-electron chi connectivity index (χ2n) is 8.85. The Morgan fingerprint density at radius 2 is 1.97 bits per heavy atom. The molecule has 0 radical (unpaired) electrons. The Kier molecular flexibility index (Phi) is 6.27. The van der Waals surface area contributed by atoms with Crippen molar-refractivity contribution in [1.82, 2.24) is 19.6 Å². The van der Waals surface area contributed by atoms with Crippen LogP contribution in [0.5, 0.6) is 0 Å². The first-order valence-electron chi connectivity index (χ1n) is 10.9. The first-order chi connectivity index (χ1) is 13.9. The van der Waals surface area contributed by atoms with Crippen LogP contribution in [0.15, 0.2) is 6.07 Å².